The SMILES string of the molecule is Cc1ccc([C@H]2SCCN2C(=O)Nc2ccccc2)c(C)c1. The van der Waals surface area contributed by atoms with Gasteiger partial charge in [-0.25, -0.2) is 4.79 Å². The van der Waals surface area contributed by atoms with Crippen molar-refractivity contribution >= 4 is 23.5 Å². The number of hydrogen-bond acceptors (Lipinski definition) is 2. The third kappa shape index (κ3) is 3.12. The highest BCUT2D eigenvalue weighted by molar-refractivity contribution is 7.99. The van der Waals surface area contributed by atoms with Gasteiger partial charge in [-0.3, -0.25) is 0 Å². The lowest BCUT2D eigenvalue weighted by Gasteiger charge is -2.25. The number of rotatable bonds is 2. The van der Waals surface area contributed by atoms with Crippen LogP contribution in [-0.2, 0) is 0 Å². The summed E-state index contributed by atoms with van der Waals surface area (Å²) in [7, 11) is 0. The van der Waals surface area contributed by atoms with Crippen LogP contribution in [0.4, 0.5) is 10.5 Å². The number of anilines is 1. The number of nitrogens with zero attached hydrogens (tertiary/aromatic N) is 1. The fraction of sp³-hybridized carbons (Fsp3) is 0.278. The Morgan fingerprint density at radius 2 is 1.95 bits per heavy atom. The van der Waals surface area contributed by atoms with E-state index in [1.165, 1.54) is 16.7 Å². The molecule has 1 aliphatic rings. The Morgan fingerprint density at radius 3 is 2.68 bits per heavy atom. The number of nitrogens with one attached hydrogen (secondary N) is 1. The molecule has 0 spiro atoms. The molecule has 2 aromatic carbocycles. The molecule has 1 aliphatic heterocycles. The highest BCUT2D eigenvalue weighted by atomic mass is 32.2. The van der Waals surface area contributed by atoms with E-state index in [0.29, 0.717) is 0 Å². The van der Waals surface area contributed by atoms with Crippen LogP contribution in [0.5, 0.6) is 0 Å². The van der Waals surface area contributed by atoms with Gasteiger partial charge >= 0.3 is 6.03 Å². The maximum absolute atomic E-state index is 12.6. The first-order valence-corrected chi connectivity index (χ1v) is 8.51. The second-order valence-electron chi connectivity index (χ2n) is 5.57. The zero-order valence-corrected chi connectivity index (χ0v) is 13.7. The monoisotopic (exact) mass is 312 g/mol. The zero-order valence-electron chi connectivity index (χ0n) is 12.9. The summed E-state index contributed by atoms with van der Waals surface area (Å²) < 4.78 is 0. The lowest BCUT2D eigenvalue weighted by Crippen LogP contribution is -2.34. The molecule has 4 heteroatoms. The van der Waals surface area contributed by atoms with Crippen LogP contribution in [0, 0.1) is 13.8 Å². The van der Waals surface area contributed by atoms with Crippen LogP contribution in [0.15, 0.2) is 48.5 Å². The number of para-hydroxylation sites is 1. The van der Waals surface area contributed by atoms with Crippen molar-refractivity contribution in [2.45, 2.75) is 19.2 Å². The fourth-order valence-electron chi connectivity index (χ4n) is 2.76. The van der Waals surface area contributed by atoms with Gasteiger partial charge in [0.05, 0.1) is 0 Å². The van der Waals surface area contributed by atoms with Gasteiger partial charge in [-0.15, -0.1) is 11.8 Å². The molecular formula is C18H20N2OS. The lowest BCUT2D eigenvalue weighted by molar-refractivity contribution is 0.214. The van der Waals surface area contributed by atoms with Crippen LogP contribution in [0.3, 0.4) is 0 Å². The van der Waals surface area contributed by atoms with Crippen molar-refractivity contribution in [2.75, 3.05) is 17.6 Å². The number of aryl methyl sites for hydroxylation is 2. The van der Waals surface area contributed by atoms with Gasteiger partial charge in [0.15, 0.2) is 0 Å². The van der Waals surface area contributed by atoms with Crippen molar-refractivity contribution in [1.29, 1.82) is 0 Å². The first kappa shape index (κ1) is 15.0. The van der Waals surface area contributed by atoms with E-state index in [0.717, 1.165) is 18.0 Å². The van der Waals surface area contributed by atoms with Gasteiger partial charge < -0.3 is 10.2 Å². The number of hydrogen-bond donors (Lipinski definition) is 1. The van der Waals surface area contributed by atoms with Gasteiger partial charge in [0, 0.05) is 18.0 Å². The van der Waals surface area contributed by atoms with E-state index < -0.39 is 0 Å². The van der Waals surface area contributed by atoms with Crippen LogP contribution in [-0.4, -0.2) is 23.2 Å². The van der Waals surface area contributed by atoms with Crippen molar-refractivity contribution in [3.05, 3.63) is 65.2 Å². The first-order valence-electron chi connectivity index (χ1n) is 7.46. The van der Waals surface area contributed by atoms with E-state index in [-0.39, 0.29) is 11.4 Å². The zero-order chi connectivity index (χ0) is 15.5. The van der Waals surface area contributed by atoms with E-state index in [1.807, 2.05) is 47.0 Å². The summed E-state index contributed by atoms with van der Waals surface area (Å²) in [6, 6.07) is 16.0. The Kier molecular flexibility index (Phi) is 4.39. The van der Waals surface area contributed by atoms with Crippen molar-refractivity contribution in [1.82, 2.24) is 4.90 Å². The van der Waals surface area contributed by atoms with Crippen molar-refractivity contribution in [3.8, 4) is 0 Å². The predicted molar refractivity (Wildman–Crippen MR) is 93.3 cm³/mol. The van der Waals surface area contributed by atoms with E-state index in [9.17, 15) is 4.79 Å². The summed E-state index contributed by atoms with van der Waals surface area (Å²) in [5, 5.41) is 3.09. The summed E-state index contributed by atoms with van der Waals surface area (Å²) in [6.45, 7) is 4.99. The topological polar surface area (TPSA) is 32.3 Å². The van der Waals surface area contributed by atoms with E-state index >= 15 is 0 Å². The molecule has 0 unspecified atom stereocenters. The maximum atomic E-state index is 12.6. The summed E-state index contributed by atoms with van der Waals surface area (Å²) in [5.41, 5.74) is 4.57. The van der Waals surface area contributed by atoms with Crippen molar-refractivity contribution in [2.24, 2.45) is 0 Å². The van der Waals surface area contributed by atoms with E-state index in [4.69, 9.17) is 0 Å². The second-order valence-corrected chi connectivity index (χ2v) is 6.76. The third-order valence-electron chi connectivity index (χ3n) is 3.87. The number of urea groups is 1. The normalized spacial score (nSPS) is 17.5. The molecule has 0 saturated carbocycles. The average molecular weight is 312 g/mol. The number of carbonyl (C=O) groups is 1. The first-order chi connectivity index (χ1) is 10.6. The Labute approximate surface area is 135 Å². The molecule has 2 aromatic rings. The van der Waals surface area contributed by atoms with Gasteiger partial charge in [0.2, 0.25) is 0 Å². The van der Waals surface area contributed by atoms with Gasteiger partial charge in [0.25, 0.3) is 0 Å². The summed E-state index contributed by atoms with van der Waals surface area (Å²) in [5.74, 6) is 0.972. The maximum Gasteiger partial charge on any atom is 0.323 e. The predicted octanol–water partition coefficient (Wildman–Crippen LogP) is 4.58. The molecule has 114 valence electrons. The van der Waals surface area contributed by atoms with Crippen molar-refractivity contribution < 1.29 is 4.79 Å². The van der Waals surface area contributed by atoms with E-state index in [2.05, 4.69) is 37.4 Å². The molecule has 0 bridgehead atoms. The Balaban J connectivity index is 1.79. The minimum atomic E-state index is -0.0267. The number of amides is 2. The molecule has 0 aromatic heterocycles. The molecule has 0 aliphatic carbocycles. The molecule has 22 heavy (non-hydrogen) atoms. The molecule has 1 saturated heterocycles. The van der Waals surface area contributed by atoms with Gasteiger partial charge in [-0.2, -0.15) is 0 Å². The fourth-order valence-corrected chi connectivity index (χ4v) is 4.11. The lowest BCUT2D eigenvalue weighted by atomic mass is 10.1. The molecule has 1 fully saturated rings. The van der Waals surface area contributed by atoms with Crippen LogP contribution in [0.2, 0.25) is 0 Å². The standard InChI is InChI=1S/C18H20N2OS/c1-13-8-9-16(14(2)12-13)17-20(10-11-22-17)18(21)19-15-6-4-3-5-7-15/h3-9,12,17H,10-11H2,1-2H3,(H,19,21)/t17-/m1/s1. The summed E-state index contributed by atoms with van der Waals surface area (Å²) in [4.78, 5) is 14.5. The molecular weight excluding hydrogens is 292 g/mol. The molecule has 3 rings (SSSR count). The molecule has 1 atom stereocenters. The minimum absolute atomic E-state index is 0.0267. The van der Waals surface area contributed by atoms with Gasteiger partial charge in [-0.05, 0) is 37.1 Å². The molecule has 1 N–H and O–H groups in total. The third-order valence-corrected chi connectivity index (χ3v) is 5.11. The molecule has 0 radical (unpaired) electrons. The van der Waals surface area contributed by atoms with Crippen LogP contribution < -0.4 is 5.32 Å². The number of carbonyl (C=O) groups excluding carboxylic acids is 1. The molecule has 3 nitrogen and oxygen atoms in total. The van der Waals surface area contributed by atoms with Gasteiger partial charge in [0.1, 0.15) is 5.37 Å². The van der Waals surface area contributed by atoms with E-state index in [1.54, 1.807) is 0 Å². The summed E-state index contributed by atoms with van der Waals surface area (Å²) in [6.07, 6.45) is 0. The minimum Gasteiger partial charge on any atom is -0.308 e. The average Bonchev–Trinajstić information content (AvgIpc) is 2.97. The Morgan fingerprint density at radius 1 is 1.18 bits per heavy atom. The van der Waals surface area contributed by atoms with Gasteiger partial charge in [-0.1, -0.05) is 42.0 Å². The molecule has 1 heterocycles. The second kappa shape index (κ2) is 6.44. The number of benzene rings is 2. The Hall–Kier alpha value is -1.94. The smallest absolute Gasteiger partial charge is 0.308 e. The largest absolute Gasteiger partial charge is 0.323 e. The summed E-state index contributed by atoms with van der Waals surface area (Å²) >= 11 is 1.83. The quantitative estimate of drug-likeness (QED) is 0.880. The highest BCUT2D eigenvalue weighted by Crippen LogP contribution is 2.39. The highest BCUT2D eigenvalue weighted by Gasteiger charge is 2.31. The molecule has 2 amide bonds. The Bertz CT molecular complexity index is 672. The van der Waals surface area contributed by atoms with Crippen LogP contribution in [0.25, 0.3) is 0 Å². The van der Waals surface area contributed by atoms with Crippen LogP contribution >= 0.6 is 11.8 Å². The van der Waals surface area contributed by atoms with Crippen molar-refractivity contribution in [3.63, 3.8) is 0 Å². The van der Waals surface area contributed by atoms with Crippen LogP contribution in [0.1, 0.15) is 22.1 Å². The number of thioether (sulfide) groups is 1.